The molecular weight excluding hydrogens is 467 g/mol. The standard InChI is InChI=1S/C26H21FN4O3S/c1-15-5-6-16(2)20(12-15)29-21(32)14-30-22-19-4-3-11-28-24(19)35-23(22)25(33)31(26(30)34)13-17-7-9-18(27)10-8-17/h3-12H,13-14H2,1-2H3,(H,29,32). The highest BCUT2D eigenvalue weighted by molar-refractivity contribution is 7.25. The Morgan fingerprint density at radius 1 is 1.06 bits per heavy atom. The number of thiophene rings is 1. The molecule has 2 aromatic carbocycles. The zero-order chi connectivity index (χ0) is 24.7. The Kier molecular flexibility index (Phi) is 5.78. The summed E-state index contributed by atoms with van der Waals surface area (Å²) in [5.41, 5.74) is 2.45. The van der Waals surface area contributed by atoms with Crippen molar-refractivity contribution >= 4 is 43.4 Å². The number of nitrogens with one attached hydrogen (secondary N) is 1. The molecule has 0 aliphatic carbocycles. The summed E-state index contributed by atoms with van der Waals surface area (Å²) in [6.45, 7) is 3.49. The second-order valence-corrected chi connectivity index (χ2v) is 9.39. The van der Waals surface area contributed by atoms with Crippen molar-refractivity contribution in [1.82, 2.24) is 14.1 Å². The monoisotopic (exact) mass is 488 g/mol. The first-order chi connectivity index (χ1) is 16.8. The summed E-state index contributed by atoms with van der Waals surface area (Å²) in [6.07, 6.45) is 1.62. The molecule has 1 N–H and O–H groups in total. The second kappa shape index (κ2) is 8.92. The Labute approximate surface area is 203 Å². The Hall–Kier alpha value is -4.11. The molecule has 0 radical (unpaired) electrons. The van der Waals surface area contributed by atoms with Crippen LogP contribution in [0.25, 0.3) is 20.4 Å². The number of hydrogen-bond donors (Lipinski definition) is 1. The predicted molar refractivity (Wildman–Crippen MR) is 136 cm³/mol. The van der Waals surface area contributed by atoms with Crippen LogP contribution in [0, 0.1) is 19.7 Å². The van der Waals surface area contributed by atoms with E-state index in [9.17, 15) is 18.8 Å². The summed E-state index contributed by atoms with van der Waals surface area (Å²) in [4.78, 5) is 45.0. The van der Waals surface area contributed by atoms with E-state index in [1.54, 1.807) is 18.3 Å². The second-order valence-electron chi connectivity index (χ2n) is 8.39. The number of anilines is 1. The number of rotatable bonds is 5. The lowest BCUT2D eigenvalue weighted by atomic mass is 10.1. The Balaban J connectivity index is 1.65. The molecule has 9 heteroatoms. The number of fused-ring (bicyclic) bond motifs is 3. The predicted octanol–water partition coefficient (Wildman–Crippen LogP) is 4.22. The molecule has 0 bridgehead atoms. The summed E-state index contributed by atoms with van der Waals surface area (Å²) in [6, 6.07) is 14.8. The number of hydrogen-bond acceptors (Lipinski definition) is 5. The average Bonchev–Trinajstić information content (AvgIpc) is 3.23. The molecule has 3 aromatic heterocycles. The largest absolute Gasteiger partial charge is 0.332 e. The number of nitrogens with zero attached hydrogens (tertiary/aromatic N) is 3. The number of halogens is 1. The number of carbonyl (C=O) groups is 1. The number of aromatic nitrogens is 3. The smallest absolute Gasteiger partial charge is 0.324 e. The summed E-state index contributed by atoms with van der Waals surface area (Å²) in [5.74, 6) is -0.801. The number of pyridine rings is 1. The molecule has 5 aromatic rings. The molecule has 176 valence electrons. The lowest BCUT2D eigenvalue weighted by Gasteiger charge is -2.14. The van der Waals surface area contributed by atoms with Gasteiger partial charge in [-0.1, -0.05) is 24.3 Å². The molecule has 0 atom stereocenters. The fourth-order valence-electron chi connectivity index (χ4n) is 4.05. The summed E-state index contributed by atoms with van der Waals surface area (Å²) >= 11 is 1.18. The minimum Gasteiger partial charge on any atom is -0.324 e. The third kappa shape index (κ3) is 4.26. The van der Waals surface area contributed by atoms with E-state index in [1.165, 1.54) is 40.2 Å². The van der Waals surface area contributed by atoms with Crippen LogP contribution in [0.1, 0.15) is 16.7 Å². The SMILES string of the molecule is Cc1ccc(C)c(NC(=O)Cn2c(=O)n(Cc3ccc(F)cc3)c(=O)c3sc4ncccc4c32)c1. The van der Waals surface area contributed by atoms with Gasteiger partial charge >= 0.3 is 5.69 Å². The first-order valence-corrected chi connectivity index (χ1v) is 11.8. The fraction of sp³-hybridized carbons (Fsp3) is 0.154. The van der Waals surface area contributed by atoms with Crippen LogP contribution in [0.15, 0.2) is 70.4 Å². The molecule has 0 aliphatic rings. The first-order valence-electron chi connectivity index (χ1n) is 10.9. The molecule has 0 spiro atoms. The number of aryl methyl sites for hydroxylation is 2. The van der Waals surface area contributed by atoms with Gasteiger partial charge < -0.3 is 5.32 Å². The van der Waals surface area contributed by atoms with Crippen LogP contribution in [-0.4, -0.2) is 20.0 Å². The third-order valence-corrected chi connectivity index (χ3v) is 6.92. The lowest BCUT2D eigenvalue weighted by Crippen LogP contribution is -2.41. The Bertz CT molecular complexity index is 1720. The normalized spacial score (nSPS) is 11.3. The van der Waals surface area contributed by atoms with E-state index in [-0.39, 0.29) is 13.1 Å². The van der Waals surface area contributed by atoms with E-state index >= 15 is 0 Å². The van der Waals surface area contributed by atoms with Gasteiger partial charge in [0.05, 0.1) is 12.1 Å². The third-order valence-electron chi connectivity index (χ3n) is 5.83. The summed E-state index contributed by atoms with van der Waals surface area (Å²) in [5, 5.41) is 3.52. The number of benzene rings is 2. The molecule has 0 unspecified atom stereocenters. The molecule has 0 saturated carbocycles. The van der Waals surface area contributed by atoms with E-state index in [0.717, 1.165) is 15.7 Å². The average molecular weight is 489 g/mol. The van der Waals surface area contributed by atoms with Gasteiger partial charge in [0.15, 0.2) is 0 Å². The first kappa shape index (κ1) is 22.7. The van der Waals surface area contributed by atoms with Crippen LogP contribution in [0.4, 0.5) is 10.1 Å². The Morgan fingerprint density at radius 2 is 1.83 bits per heavy atom. The topological polar surface area (TPSA) is 86.0 Å². The zero-order valence-corrected chi connectivity index (χ0v) is 19.9. The Morgan fingerprint density at radius 3 is 2.60 bits per heavy atom. The quantitative estimate of drug-likeness (QED) is 0.402. The van der Waals surface area contributed by atoms with Crippen LogP contribution in [0.3, 0.4) is 0 Å². The molecule has 0 fully saturated rings. The van der Waals surface area contributed by atoms with Crippen LogP contribution in [0.2, 0.25) is 0 Å². The molecule has 1 amide bonds. The van der Waals surface area contributed by atoms with Crippen LogP contribution in [-0.2, 0) is 17.9 Å². The molecule has 0 saturated heterocycles. The molecule has 5 rings (SSSR count). The highest BCUT2D eigenvalue weighted by Crippen LogP contribution is 2.29. The number of amides is 1. The minimum absolute atomic E-state index is 0.0475. The minimum atomic E-state index is -0.619. The van der Waals surface area contributed by atoms with Crippen molar-refractivity contribution in [3.8, 4) is 0 Å². The van der Waals surface area contributed by atoms with Crippen molar-refractivity contribution in [3.05, 3.63) is 104 Å². The van der Waals surface area contributed by atoms with Gasteiger partial charge in [0, 0.05) is 17.3 Å². The maximum Gasteiger partial charge on any atom is 0.332 e. The van der Waals surface area contributed by atoms with Crippen molar-refractivity contribution in [2.24, 2.45) is 0 Å². The summed E-state index contributed by atoms with van der Waals surface area (Å²) < 4.78 is 16.1. The molecule has 3 heterocycles. The van der Waals surface area contributed by atoms with Crippen molar-refractivity contribution in [3.63, 3.8) is 0 Å². The van der Waals surface area contributed by atoms with Crippen LogP contribution in [0.5, 0.6) is 0 Å². The van der Waals surface area contributed by atoms with Gasteiger partial charge in [-0.3, -0.25) is 18.7 Å². The van der Waals surface area contributed by atoms with Gasteiger partial charge in [-0.15, -0.1) is 11.3 Å². The van der Waals surface area contributed by atoms with Gasteiger partial charge in [0.25, 0.3) is 5.56 Å². The van der Waals surface area contributed by atoms with E-state index in [4.69, 9.17) is 0 Å². The number of carbonyl (C=O) groups excluding carboxylic acids is 1. The van der Waals surface area contributed by atoms with E-state index in [1.807, 2.05) is 32.0 Å². The highest BCUT2D eigenvalue weighted by atomic mass is 32.1. The maximum atomic E-state index is 13.6. The van der Waals surface area contributed by atoms with Crippen molar-refractivity contribution in [2.45, 2.75) is 26.9 Å². The van der Waals surface area contributed by atoms with Gasteiger partial charge in [0.2, 0.25) is 5.91 Å². The van der Waals surface area contributed by atoms with Gasteiger partial charge in [-0.2, -0.15) is 0 Å². The molecule has 7 nitrogen and oxygen atoms in total. The van der Waals surface area contributed by atoms with Gasteiger partial charge in [-0.25, -0.2) is 14.2 Å². The van der Waals surface area contributed by atoms with Gasteiger partial charge in [0.1, 0.15) is 21.9 Å². The van der Waals surface area contributed by atoms with E-state index in [0.29, 0.717) is 31.7 Å². The zero-order valence-electron chi connectivity index (χ0n) is 19.0. The van der Waals surface area contributed by atoms with Crippen molar-refractivity contribution in [1.29, 1.82) is 0 Å². The molecule has 35 heavy (non-hydrogen) atoms. The highest BCUT2D eigenvalue weighted by Gasteiger charge is 2.21. The maximum absolute atomic E-state index is 13.6. The molecular formula is C26H21FN4O3S. The van der Waals surface area contributed by atoms with Crippen LogP contribution >= 0.6 is 11.3 Å². The van der Waals surface area contributed by atoms with Crippen molar-refractivity contribution < 1.29 is 9.18 Å². The van der Waals surface area contributed by atoms with Gasteiger partial charge in [-0.05, 0) is 60.9 Å². The van der Waals surface area contributed by atoms with Crippen LogP contribution < -0.4 is 16.6 Å². The molecule has 0 aliphatic heterocycles. The summed E-state index contributed by atoms with van der Waals surface area (Å²) in [7, 11) is 0. The van der Waals surface area contributed by atoms with Crippen molar-refractivity contribution in [2.75, 3.05) is 5.32 Å². The van der Waals surface area contributed by atoms with E-state index in [2.05, 4.69) is 10.3 Å². The fourth-order valence-corrected chi connectivity index (χ4v) is 5.14. The van der Waals surface area contributed by atoms with E-state index < -0.39 is 23.0 Å². The lowest BCUT2D eigenvalue weighted by molar-refractivity contribution is -0.116.